The molecule has 2 aliphatic heterocycles. The number of aromatic nitrogens is 1. The minimum absolute atomic E-state index is 0.545. The molecule has 0 unspecified atom stereocenters. The zero-order chi connectivity index (χ0) is 16.8. The second-order valence-corrected chi connectivity index (χ2v) is 7.58. The van der Waals surface area contributed by atoms with Crippen molar-refractivity contribution in [2.45, 2.75) is 25.8 Å². The molecule has 1 atom stereocenters. The summed E-state index contributed by atoms with van der Waals surface area (Å²) < 4.78 is 0. The van der Waals surface area contributed by atoms with Gasteiger partial charge >= 0.3 is 0 Å². The Bertz CT molecular complexity index is 995. The molecule has 3 nitrogen and oxygen atoms in total. The third kappa shape index (κ3) is 2.44. The minimum atomic E-state index is 0.545. The van der Waals surface area contributed by atoms with Crippen LogP contribution in [0.3, 0.4) is 0 Å². The van der Waals surface area contributed by atoms with Crippen LogP contribution in [0.5, 0.6) is 0 Å². The first-order valence-electron chi connectivity index (χ1n) is 8.80. The van der Waals surface area contributed by atoms with E-state index in [1.54, 1.807) is 0 Å². The van der Waals surface area contributed by atoms with Gasteiger partial charge in [0, 0.05) is 40.1 Å². The van der Waals surface area contributed by atoms with Crippen molar-refractivity contribution >= 4 is 39.1 Å². The van der Waals surface area contributed by atoms with E-state index < -0.39 is 0 Å². The molecule has 0 N–H and O–H groups in total. The van der Waals surface area contributed by atoms with Gasteiger partial charge in [-0.2, -0.15) is 0 Å². The van der Waals surface area contributed by atoms with Gasteiger partial charge in [-0.05, 0) is 36.6 Å². The van der Waals surface area contributed by atoms with Crippen LogP contribution in [0, 0.1) is 0 Å². The van der Waals surface area contributed by atoms with Crippen LogP contribution in [0.2, 0.25) is 0 Å². The predicted octanol–water partition coefficient (Wildman–Crippen LogP) is 4.96. The summed E-state index contributed by atoms with van der Waals surface area (Å²) in [7, 11) is 0. The predicted molar refractivity (Wildman–Crippen MR) is 107 cm³/mol. The number of fused-ring (bicyclic) bond motifs is 4. The van der Waals surface area contributed by atoms with Crippen molar-refractivity contribution < 1.29 is 0 Å². The number of pyridine rings is 1. The SMILES string of the molecule is CCc1cc2c(N=C3SC[C@@H]4Cc5ccccc5N34)cccc2cn1. The molecule has 4 heteroatoms. The Hall–Kier alpha value is -2.33. The highest BCUT2D eigenvalue weighted by Gasteiger charge is 2.37. The maximum Gasteiger partial charge on any atom is 0.169 e. The van der Waals surface area contributed by atoms with E-state index in [1.165, 1.54) is 16.6 Å². The number of benzene rings is 2. The van der Waals surface area contributed by atoms with Crippen molar-refractivity contribution in [1.82, 2.24) is 4.98 Å². The molecule has 0 aliphatic carbocycles. The Morgan fingerprint density at radius 3 is 3.04 bits per heavy atom. The number of nitrogens with zero attached hydrogens (tertiary/aromatic N) is 3. The van der Waals surface area contributed by atoms with Crippen LogP contribution in [0.25, 0.3) is 10.8 Å². The zero-order valence-corrected chi connectivity index (χ0v) is 15.0. The minimum Gasteiger partial charge on any atom is -0.316 e. The molecule has 0 radical (unpaired) electrons. The number of amidine groups is 1. The quantitative estimate of drug-likeness (QED) is 0.657. The molecule has 0 amide bonds. The summed E-state index contributed by atoms with van der Waals surface area (Å²) in [6, 6.07) is 17.8. The Labute approximate surface area is 151 Å². The number of aliphatic imine (C=N–C) groups is 1. The molecule has 3 aromatic rings. The molecule has 3 heterocycles. The van der Waals surface area contributed by atoms with E-state index in [0.717, 1.165) is 40.5 Å². The molecular weight excluding hydrogens is 326 g/mol. The Morgan fingerprint density at radius 2 is 2.12 bits per heavy atom. The third-order valence-electron chi connectivity index (χ3n) is 5.06. The fraction of sp³-hybridized carbons (Fsp3) is 0.238. The molecule has 1 saturated heterocycles. The molecule has 1 aromatic heterocycles. The average Bonchev–Trinajstić information content (AvgIpc) is 3.21. The second-order valence-electron chi connectivity index (χ2n) is 6.59. The largest absolute Gasteiger partial charge is 0.316 e. The van der Waals surface area contributed by atoms with Gasteiger partial charge in [0.1, 0.15) is 0 Å². The molecule has 0 bridgehead atoms. The van der Waals surface area contributed by atoms with Crippen molar-refractivity contribution in [3.8, 4) is 0 Å². The lowest BCUT2D eigenvalue weighted by Crippen LogP contribution is -2.29. The van der Waals surface area contributed by atoms with E-state index in [2.05, 4.69) is 65.3 Å². The Morgan fingerprint density at radius 1 is 1.20 bits per heavy atom. The molecular formula is C21H19N3S. The van der Waals surface area contributed by atoms with Crippen molar-refractivity contribution in [3.05, 3.63) is 66.0 Å². The van der Waals surface area contributed by atoms with Crippen molar-refractivity contribution in [2.24, 2.45) is 4.99 Å². The Kier molecular flexibility index (Phi) is 3.52. The van der Waals surface area contributed by atoms with Crippen molar-refractivity contribution in [1.29, 1.82) is 0 Å². The number of hydrogen-bond acceptors (Lipinski definition) is 3. The summed E-state index contributed by atoms with van der Waals surface area (Å²) in [6.45, 7) is 2.14. The molecule has 0 spiro atoms. The standard InChI is InChI=1S/C21H19N3S/c1-2-16-11-18-15(12-22-16)7-5-8-19(18)23-21-24-17(13-25-21)10-14-6-3-4-9-20(14)24/h3-9,11-12,17H,2,10,13H2,1H3/t17-/m0/s1. The average molecular weight is 345 g/mol. The zero-order valence-electron chi connectivity index (χ0n) is 14.1. The van der Waals surface area contributed by atoms with Crippen molar-refractivity contribution in [2.75, 3.05) is 10.7 Å². The lowest BCUT2D eigenvalue weighted by atomic mass is 10.1. The van der Waals surface area contributed by atoms with Gasteiger partial charge in [-0.25, -0.2) is 4.99 Å². The molecule has 0 saturated carbocycles. The molecule has 25 heavy (non-hydrogen) atoms. The molecule has 1 fully saturated rings. The van der Waals surface area contributed by atoms with Gasteiger partial charge in [0.05, 0.1) is 5.69 Å². The smallest absolute Gasteiger partial charge is 0.169 e. The number of thioether (sulfide) groups is 1. The number of rotatable bonds is 2. The summed E-state index contributed by atoms with van der Waals surface area (Å²) >= 11 is 1.87. The monoisotopic (exact) mass is 345 g/mol. The number of hydrogen-bond donors (Lipinski definition) is 0. The van der Waals surface area contributed by atoms with Crippen LogP contribution in [-0.4, -0.2) is 21.9 Å². The number of para-hydroxylation sites is 1. The molecule has 5 rings (SSSR count). The van der Waals surface area contributed by atoms with E-state index in [-0.39, 0.29) is 0 Å². The molecule has 2 aliphatic rings. The van der Waals surface area contributed by atoms with E-state index in [1.807, 2.05) is 18.0 Å². The maximum absolute atomic E-state index is 5.08. The first-order chi connectivity index (χ1) is 12.3. The summed E-state index contributed by atoms with van der Waals surface area (Å²) in [4.78, 5) is 12.0. The lowest BCUT2D eigenvalue weighted by molar-refractivity contribution is 0.801. The van der Waals surface area contributed by atoms with Gasteiger partial charge in [-0.3, -0.25) is 4.98 Å². The molecule has 2 aromatic carbocycles. The second kappa shape index (κ2) is 5.88. The van der Waals surface area contributed by atoms with Gasteiger partial charge < -0.3 is 4.90 Å². The summed E-state index contributed by atoms with van der Waals surface area (Å²) in [5.74, 6) is 1.11. The summed E-state index contributed by atoms with van der Waals surface area (Å²) in [5, 5.41) is 3.47. The fourth-order valence-electron chi connectivity index (χ4n) is 3.77. The highest BCUT2D eigenvalue weighted by atomic mass is 32.2. The normalized spacial score (nSPS) is 20.3. The molecule has 124 valence electrons. The van der Waals surface area contributed by atoms with E-state index in [9.17, 15) is 0 Å². The van der Waals surface area contributed by atoms with Crippen LogP contribution in [0.1, 0.15) is 18.2 Å². The van der Waals surface area contributed by atoms with Crippen molar-refractivity contribution in [3.63, 3.8) is 0 Å². The Balaban J connectivity index is 1.62. The van der Waals surface area contributed by atoms with Crippen LogP contribution in [0.4, 0.5) is 11.4 Å². The van der Waals surface area contributed by atoms with Crippen LogP contribution >= 0.6 is 11.8 Å². The van der Waals surface area contributed by atoms with Gasteiger partial charge in [-0.1, -0.05) is 49.0 Å². The summed E-state index contributed by atoms with van der Waals surface area (Å²) in [5.41, 5.74) is 4.93. The van der Waals surface area contributed by atoms with Crippen LogP contribution in [-0.2, 0) is 12.8 Å². The topological polar surface area (TPSA) is 28.5 Å². The number of aryl methyl sites for hydroxylation is 1. The van der Waals surface area contributed by atoms with E-state index >= 15 is 0 Å². The highest BCUT2D eigenvalue weighted by Crippen LogP contribution is 2.41. The van der Waals surface area contributed by atoms with E-state index in [4.69, 9.17) is 4.99 Å². The number of anilines is 1. The van der Waals surface area contributed by atoms with Crippen LogP contribution in [0.15, 0.2) is 59.7 Å². The fourth-order valence-corrected chi connectivity index (χ4v) is 4.93. The first kappa shape index (κ1) is 15.0. The summed E-state index contributed by atoms with van der Waals surface area (Å²) in [6.07, 6.45) is 4.03. The van der Waals surface area contributed by atoms with Gasteiger partial charge in [0.25, 0.3) is 0 Å². The van der Waals surface area contributed by atoms with Gasteiger partial charge in [0.15, 0.2) is 5.17 Å². The first-order valence-corrected chi connectivity index (χ1v) is 9.78. The maximum atomic E-state index is 5.08. The van der Waals surface area contributed by atoms with E-state index in [0.29, 0.717) is 6.04 Å². The van der Waals surface area contributed by atoms with Gasteiger partial charge in [0.2, 0.25) is 0 Å². The van der Waals surface area contributed by atoms with Crippen LogP contribution < -0.4 is 4.90 Å². The highest BCUT2D eigenvalue weighted by molar-refractivity contribution is 8.14. The lowest BCUT2D eigenvalue weighted by Gasteiger charge is -2.18. The van der Waals surface area contributed by atoms with Gasteiger partial charge in [-0.15, -0.1) is 0 Å². The third-order valence-corrected chi connectivity index (χ3v) is 6.16.